The average Bonchev–Trinajstić information content (AvgIpc) is 2.91. The molecule has 2 N–H and O–H groups in total. The number of unbranched alkanes of at least 4 members (excludes halogenated alkanes) is 5. The van der Waals surface area contributed by atoms with Crippen molar-refractivity contribution in [3.63, 3.8) is 0 Å². The fourth-order valence-corrected chi connectivity index (χ4v) is 4.05. The van der Waals surface area contributed by atoms with Crippen LogP contribution in [0.4, 0.5) is 0 Å². The molecule has 0 aromatic heterocycles. The van der Waals surface area contributed by atoms with Crippen molar-refractivity contribution in [2.24, 2.45) is 0 Å². The van der Waals surface area contributed by atoms with Gasteiger partial charge in [-0.1, -0.05) is 45.4 Å². The van der Waals surface area contributed by atoms with Crippen LogP contribution in [-0.4, -0.2) is 58.4 Å². The van der Waals surface area contributed by atoms with Crippen molar-refractivity contribution in [2.75, 3.05) is 13.7 Å². The third-order valence-electron chi connectivity index (χ3n) is 5.84. The number of rotatable bonds is 15. The molecule has 1 fully saturated rings. The molecule has 0 spiro atoms. The van der Waals surface area contributed by atoms with Crippen LogP contribution >= 0.6 is 0 Å². The molecule has 3 atom stereocenters. The van der Waals surface area contributed by atoms with Crippen molar-refractivity contribution in [3.05, 3.63) is 0 Å². The maximum Gasteiger partial charge on any atom is 0.305 e. The minimum absolute atomic E-state index is 0.0221. The number of nitrogens with zero attached hydrogens (tertiary/aromatic N) is 1. The van der Waals surface area contributed by atoms with Gasteiger partial charge in [0, 0.05) is 13.0 Å². The molecule has 0 saturated carbocycles. The zero-order chi connectivity index (χ0) is 21.0. The monoisotopic (exact) mass is 399 g/mol. The Morgan fingerprint density at radius 3 is 2.50 bits per heavy atom. The zero-order valence-corrected chi connectivity index (χ0v) is 18.1. The molecule has 0 aromatic carbocycles. The highest BCUT2D eigenvalue weighted by atomic mass is 16.5. The molecular weight excluding hydrogens is 358 g/mol. The summed E-state index contributed by atoms with van der Waals surface area (Å²) in [5, 5.41) is 20.8. The molecule has 164 valence electrons. The fraction of sp³-hybridized carbons (Fsp3) is 0.909. The Hall–Kier alpha value is -1.14. The molecule has 1 rings (SSSR count). The zero-order valence-electron chi connectivity index (χ0n) is 18.1. The van der Waals surface area contributed by atoms with E-state index < -0.39 is 11.7 Å². The van der Waals surface area contributed by atoms with E-state index in [4.69, 9.17) is 0 Å². The van der Waals surface area contributed by atoms with Gasteiger partial charge in [-0.3, -0.25) is 9.59 Å². The normalized spacial score (nSPS) is 21.8. The average molecular weight is 400 g/mol. The lowest BCUT2D eigenvalue weighted by Crippen LogP contribution is -2.38. The number of hydrogen-bond donors (Lipinski definition) is 2. The molecule has 0 aliphatic carbocycles. The van der Waals surface area contributed by atoms with Gasteiger partial charge in [-0.2, -0.15) is 0 Å². The van der Waals surface area contributed by atoms with Gasteiger partial charge in [-0.05, 0) is 39.0 Å². The van der Waals surface area contributed by atoms with E-state index in [1.54, 1.807) is 0 Å². The molecule has 6 nitrogen and oxygen atoms in total. The minimum atomic E-state index is -0.675. The molecule has 1 heterocycles. The van der Waals surface area contributed by atoms with Crippen molar-refractivity contribution in [1.29, 1.82) is 0 Å². The smallest absolute Gasteiger partial charge is 0.305 e. The number of carbonyl (C=O) groups excluding carboxylic acids is 2. The highest BCUT2D eigenvalue weighted by Crippen LogP contribution is 2.26. The van der Waals surface area contributed by atoms with Gasteiger partial charge in [0.25, 0.3) is 0 Å². The van der Waals surface area contributed by atoms with Crippen LogP contribution in [0, 0.1) is 0 Å². The van der Waals surface area contributed by atoms with Crippen molar-refractivity contribution in [2.45, 2.75) is 115 Å². The molecule has 3 unspecified atom stereocenters. The number of likely N-dealkylation sites (tertiary alicyclic amines) is 1. The number of amides is 1. The summed E-state index contributed by atoms with van der Waals surface area (Å²) in [6, 6.07) is -0.113. The van der Waals surface area contributed by atoms with Gasteiger partial charge in [0.15, 0.2) is 0 Å². The van der Waals surface area contributed by atoms with Gasteiger partial charge < -0.3 is 19.8 Å². The Bertz CT molecular complexity index is 466. The second kappa shape index (κ2) is 13.2. The highest BCUT2D eigenvalue weighted by molar-refractivity contribution is 5.79. The molecule has 0 radical (unpaired) electrons. The summed E-state index contributed by atoms with van der Waals surface area (Å²) >= 11 is 0. The van der Waals surface area contributed by atoms with Crippen LogP contribution in [0.5, 0.6) is 0 Å². The highest BCUT2D eigenvalue weighted by Gasteiger charge is 2.37. The second-order valence-electron chi connectivity index (χ2n) is 8.51. The molecule has 1 aliphatic heterocycles. The lowest BCUT2D eigenvalue weighted by molar-refractivity contribution is -0.140. The summed E-state index contributed by atoms with van der Waals surface area (Å²) in [4.78, 5) is 25.2. The van der Waals surface area contributed by atoms with E-state index in [9.17, 15) is 19.8 Å². The van der Waals surface area contributed by atoms with E-state index in [2.05, 4.69) is 11.7 Å². The maximum absolute atomic E-state index is 12.3. The van der Waals surface area contributed by atoms with Crippen LogP contribution in [0.25, 0.3) is 0 Å². The number of aliphatic hydroxyl groups is 2. The summed E-state index contributed by atoms with van der Waals surface area (Å²) in [5.41, 5.74) is -0.675. The van der Waals surface area contributed by atoms with E-state index in [1.165, 1.54) is 7.11 Å². The molecule has 0 aromatic rings. The number of esters is 1. The largest absolute Gasteiger partial charge is 0.469 e. The van der Waals surface area contributed by atoms with Crippen molar-refractivity contribution in [3.8, 4) is 0 Å². The molecular formula is C22H41NO5. The first-order valence-corrected chi connectivity index (χ1v) is 11.1. The van der Waals surface area contributed by atoms with E-state index in [0.29, 0.717) is 19.4 Å². The van der Waals surface area contributed by atoms with Gasteiger partial charge >= 0.3 is 5.97 Å². The first kappa shape index (κ1) is 24.9. The quantitative estimate of drug-likeness (QED) is 0.325. The van der Waals surface area contributed by atoms with E-state index >= 15 is 0 Å². The second-order valence-corrected chi connectivity index (χ2v) is 8.51. The van der Waals surface area contributed by atoms with Gasteiger partial charge in [-0.15, -0.1) is 0 Å². The van der Waals surface area contributed by atoms with Crippen LogP contribution in [0.1, 0.15) is 97.3 Å². The molecule has 1 saturated heterocycles. The van der Waals surface area contributed by atoms with E-state index in [1.807, 2.05) is 11.8 Å². The van der Waals surface area contributed by atoms with Crippen LogP contribution in [0.3, 0.4) is 0 Å². The van der Waals surface area contributed by atoms with Gasteiger partial charge in [0.05, 0.1) is 31.3 Å². The van der Waals surface area contributed by atoms with Crippen molar-refractivity contribution >= 4 is 11.9 Å². The van der Waals surface area contributed by atoms with Crippen LogP contribution in [0.15, 0.2) is 0 Å². The predicted molar refractivity (Wildman–Crippen MR) is 110 cm³/mol. The van der Waals surface area contributed by atoms with Gasteiger partial charge in [0.1, 0.15) is 0 Å². The SMILES string of the molecule is CCCCCC(C)(O)CCCN1C(=O)CC(O)C1CCCCCCC(=O)OC. The van der Waals surface area contributed by atoms with Gasteiger partial charge in [0.2, 0.25) is 5.91 Å². The summed E-state index contributed by atoms with van der Waals surface area (Å²) in [6.07, 6.45) is 10.1. The van der Waals surface area contributed by atoms with Crippen LogP contribution in [0.2, 0.25) is 0 Å². The van der Waals surface area contributed by atoms with Gasteiger partial charge in [-0.25, -0.2) is 0 Å². The van der Waals surface area contributed by atoms with Crippen molar-refractivity contribution in [1.82, 2.24) is 4.90 Å². The summed E-state index contributed by atoms with van der Waals surface area (Å²) in [5.74, 6) is -0.151. The summed E-state index contributed by atoms with van der Waals surface area (Å²) in [7, 11) is 1.40. The number of carbonyl (C=O) groups is 2. The molecule has 1 amide bonds. The Balaban J connectivity index is 2.32. The standard InChI is InChI=1S/C22H41NO5/c1-4-5-10-14-22(2,27)15-11-16-23-18(19(24)17-20(23)25)12-8-6-7-9-13-21(26)28-3/h18-19,24,27H,4-17H2,1-3H3. The minimum Gasteiger partial charge on any atom is -0.469 e. The molecule has 6 heteroatoms. The summed E-state index contributed by atoms with van der Waals surface area (Å²) in [6.45, 7) is 4.64. The maximum atomic E-state index is 12.3. The first-order chi connectivity index (χ1) is 13.3. The summed E-state index contributed by atoms with van der Waals surface area (Å²) < 4.78 is 4.63. The molecule has 0 bridgehead atoms. The Labute approximate surface area is 170 Å². The first-order valence-electron chi connectivity index (χ1n) is 11.1. The number of methoxy groups -OCH3 is 1. The number of ether oxygens (including phenoxy) is 1. The van der Waals surface area contributed by atoms with E-state index in [-0.39, 0.29) is 24.3 Å². The topological polar surface area (TPSA) is 87.1 Å². The lowest BCUT2D eigenvalue weighted by atomic mass is 9.93. The Morgan fingerprint density at radius 2 is 1.82 bits per heavy atom. The predicted octanol–water partition coefficient (Wildman–Crippen LogP) is 3.57. The van der Waals surface area contributed by atoms with E-state index in [0.717, 1.165) is 64.2 Å². The number of hydrogen-bond acceptors (Lipinski definition) is 5. The number of aliphatic hydroxyl groups excluding tert-OH is 1. The van der Waals surface area contributed by atoms with Crippen LogP contribution in [-0.2, 0) is 14.3 Å². The Morgan fingerprint density at radius 1 is 1.14 bits per heavy atom. The Kier molecular flexibility index (Phi) is 11.7. The third kappa shape index (κ3) is 9.37. The third-order valence-corrected chi connectivity index (χ3v) is 5.84. The fourth-order valence-electron chi connectivity index (χ4n) is 4.05. The van der Waals surface area contributed by atoms with Crippen molar-refractivity contribution < 1.29 is 24.5 Å². The van der Waals surface area contributed by atoms with Crippen LogP contribution < -0.4 is 0 Å². The molecule has 1 aliphatic rings. The molecule has 28 heavy (non-hydrogen) atoms. The lowest BCUT2D eigenvalue weighted by Gasteiger charge is -2.29.